The van der Waals surface area contributed by atoms with E-state index in [0.717, 1.165) is 6.42 Å². The van der Waals surface area contributed by atoms with Crippen molar-refractivity contribution in [3.8, 4) is 0 Å². The molecule has 2 heterocycles. The molecule has 3 rings (SSSR count). The van der Waals surface area contributed by atoms with Crippen molar-refractivity contribution >= 4 is 17.8 Å². The van der Waals surface area contributed by atoms with E-state index in [1.54, 1.807) is 18.5 Å². The fourth-order valence-corrected chi connectivity index (χ4v) is 3.17. The van der Waals surface area contributed by atoms with E-state index in [4.69, 9.17) is 0 Å². The second-order valence-corrected chi connectivity index (χ2v) is 7.35. The van der Waals surface area contributed by atoms with Gasteiger partial charge >= 0.3 is 0 Å². The molecule has 0 spiro atoms. The molecule has 25 heavy (non-hydrogen) atoms. The lowest BCUT2D eigenvalue weighted by Gasteiger charge is -2.36. The highest BCUT2D eigenvalue weighted by Crippen LogP contribution is 2.47. The number of hydrogen-bond donors (Lipinski definition) is 1. The zero-order valence-corrected chi connectivity index (χ0v) is 15.1. The Hall–Kier alpha value is -2.18. The Morgan fingerprint density at radius 2 is 1.80 bits per heavy atom. The van der Waals surface area contributed by atoms with Crippen LogP contribution < -0.4 is 10.2 Å². The van der Waals surface area contributed by atoms with Crippen LogP contribution in [0, 0.1) is 11.3 Å². The Balaban J connectivity index is 1.53. The highest BCUT2D eigenvalue weighted by Gasteiger charge is 2.58. The van der Waals surface area contributed by atoms with Crippen LogP contribution in [-0.4, -0.2) is 59.4 Å². The zero-order chi connectivity index (χ0) is 17.9. The summed E-state index contributed by atoms with van der Waals surface area (Å²) >= 11 is 0. The lowest BCUT2D eigenvalue weighted by atomic mass is 10.0. The van der Waals surface area contributed by atoms with Gasteiger partial charge in [0, 0.05) is 45.1 Å². The molecule has 1 aliphatic heterocycles. The van der Waals surface area contributed by atoms with E-state index in [1.807, 2.05) is 4.90 Å². The SMILES string of the molecule is CC(C)CCNC(=O)C1(C(=O)N2CCN(c3ncccn3)CC2)CC1. The first-order valence-corrected chi connectivity index (χ1v) is 9.12. The first kappa shape index (κ1) is 17.6. The zero-order valence-electron chi connectivity index (χ0n) is 15.1. The quantitative estimate of drug-likeness (QED) is 0.780. The Kier molecular flexibility index (Phi) is 5.20. The fraction of sp³-hybridized carbons (Fsp3) is 0.667. The van der Waals surface area contributed by atoms with E-state index < -0.39 is 5.41 Å². The van der Waals surface area contributed by atoms with Crippen molar-refractivity contribution in [1.82, 2.24) is 20.2 Å². The highest BCUT2D eigenvalue weighted by molar-refractivity contribution is 6.07. The van der Waals surface area contributed by atoms with Crippen LogP contribution in [0.25, 0.3) is 0 Å². The topological polar surface area (TPSA) is 78.4 Å². The van der Waals surface area contributed by atoms with Crippen molar-refractivity contribution in [2.45, 2.75) is 33.1 Å². The summed E-state index contributed by atoms with van der Waals surface area (Å²) in [6.45, 7) is 7.50. The van der Waals surface area contributed by atoms with Crippen molar-refractivity contribution in [3.63, 3.8) is 0 Å². The monoisotopic (exact) mass is 345 g/mol. The molecule has 2 amide bonds. The van der Waals surface area contributed by atoms with E-state index in [2.05, 4.69) is 34.0 Å². The Labute approximate surface area is 148 Å². The predicted octanol–water partition coefficient (Wildman–Crippen LogP) is 1.07. The molecule has 0 aromatic carbocycles. The smallest absolute Gasteiger partial charge is 0.238 e. The summed E-state index contributed by atoms with van der Waals surface area (Å²) in [5, 5.41) is 2.95. The number of rotatable bonds is 6. The molecule has 2 fully saturated rings. The highest BCUT2D eigenvalue weighted by atomic mass is 16.2. The van der Waals surface area contributed by atoms with Crippen LogP contribution in [0.15, 0.2) is 18.5 Å². The van der Waals surface area contributed by atoms with Gasteiger partial charge in [0.05, 0.1) is 0 Å². The average molecular weight is 345 g/mol. The van der Waals surface area contributed by atoms with Gasteiger partial charge in [-0.3, -0.25) is 9.59 Å². The van der Waals surface area contributed by atoms with Gasteiger partial charge < -0.3 is 15.1 Å². The maximum atomic E-state index is 12.9. The van der Waals surface area contributed by atoms with Gasteiger partial charge in [0.1, 0.15) is 5.41 Å². The molecule has 0 radical (unpaired) electrons. The lowest BCUT2D eigenvalue weighted by molar-refractivity contribution is -0.144. The van der Waals surface area contributed by atoms with E-state index in [0.29, 0.717) is 57.4 Å². The minimum atomic E-state index is -0.803. The van der Waals surface area contributed by atoms with E-state index in [9.17, 15) is 9.59 Å². The number of aromatic nitrogens is 2. The molecular formula is C18H27N5O2. The summed E-state index contributed by atoms with van der Waals surface area (Å²) in [6, 6.07) is 1.79. The van der Waals surface area contributed by atoms with Crippen LogP contribution in [0.5, 0.6) is 0 Å². The molecule has 0 unspecified atom stereocenters. The van der Waals surface area contributed by atoms with Gasteiger partial charge in [0.15, 0.2) is 0 Å². The molecule has 7 nitrogen and oxygen atoms in total. The maximum absolute atomic E-state index is 12.9. The third kappa shape index (κ3) is 3.91. The molecule has 1 aromatic heterocycles. The number of piperazine rings is 1. The fourth-order valence-electron chi connectivity index (χ4n) is 3.17. The molecule has 0 atom stereocenters. The van der Waals surface area contributed by atoms with E-state index in [-0.39, 0.29) is 11.8 Å². The van der Waals surface area contributed by atoms with Crippen molar-refractivity contribution in [2.75, 3.05) is 37.6 Å². The molecule has 1 saturated carbocycles. The molecule has 1 N–H and O–H groups in total. The number of nitrogens with one attached hydrogen (secondary N) is 1. The number of anilines is 1. The van der Waals surface area contributed by atoms with E-state index in [1.165, 1.54) is 0 Å². The van der Waals surface area contributed by atoms with Gasteiger partial charge in [-0.2, -0.15) is 0 Å². The molecule has 1 aliphatic carbocycles. The van der Waals surface area contributed by atoms with Gasteiger partial charge in [0.2, 0.25) is 17.8 Å². The van der Waals surface area contributed by atoms with Crippen LogP contribution in [-0.2, 0) is 9.59 Å². The minimum Gasteiger partial charge on any atom is -0.355 e. The number of nitrogens with zero attached hydrogens (tertiary/aromatic N) is 4. The van der Waals surface area contributed by atoms with Crippen molar-refractivity contribution in [3.05, 3.63) is 18.5 Å². The molecule has 136 valence electrons. The molecule has 1 aromatic rings. The number of hydrogen-bond acceptors (Lipinski definition) is 5. The summed E-state index contributed by atoms with van der Waals surface area (Å²) in [7, 11) is 0. The molecule has 7 heteroatoms. The van der Waals surface area contributed by atoms with Crippen LogP contribution in [0.4, 0.5) is 5.95 Å². The van der Waals surface area contributed by atoms with Gasteiger partial charge in [-0.05, 0) is 31.2 Å². The van der Waals surface area contributed by atoms with Crippen LogP contribution in [0.2, 0.25) is 0 Å². The summed E-state index contributed by atoms with van der Waals surface area (Å²) in [6.07, 6.45) is 5.72. The van der Waals surface area contributed by atoms with Gasteiger partial charge in [0.25, 0.3) is 0 Å². The maximum Gasteiger partial charge on any atom is 0.238 e. The van der Waals surface area contributed by atoms with Crippen LogP contribution in [0.3, 0.4) is 0 Å². The van der Waals surface area contributed by atoms with E-state index >= 15 is 0 Å². The Bertz CT molecular complexity index is 607. The van der Waals surface area contributed by atoms with Crippen molar-refractivity contribution in [2.24, 2.45) is 11.3 Å². The van der Waals surface area contributed by atoms with Gasteiger partial charge in [-0.1, -0.05) is 13.8 Å². The molecular weight excluding hydrogens is 318 g/mol. The number of amides is 2. The number of carbonyl (C=O) groups excluding carboxylic acids is 2. The summed E-state index contributed by atoms with van der Waals surface area (Å²) in [5.41, 5.74) is -0.803. The van der Waals surface area contributed by atoms with Crippen LogP contribution in [0.1, 0.15) is 33.1 Å². The minimum absolute atomic E-state index is 0.0109. The van der Waals surface area contributed by atoms with Gasteiger partial charge in [-0.15, -0.1) is 0 Å². The first-order chi connectivity index (χ1) is 12.0. The summed E-state index contributed by atoms with van der Waals surface area (Å²) in [5.74, 6) is 1.14. The summed E-state index contributed by atoms with van der Waals surface area (Å²) < 4.78 is 0. The molecule has 0 bridgehead atoms. The average Bonchev–Trinajstić information content (AvgIpc) is 3.43. The summed E-state index contributed by atoms with van der Waals surface area (Å²) in [4.78, 5) is 37.8. The van der Waals surface area contributed by atoms with Crippen molar-refractivity contribution < 1.29 is 9.59 Å². The normalized spacial score (nSPS) is 19.0. The third-order valence-electron chi connectivity index (χ3n) is 5.00. The predicted molar refractivity (Wildman–Crippen MR) is 95.0 cm³/mol. The van der Waals surface area contributed by atoms with Gasteiger partial charge in [-0.25, -0.2) is 9.97 Å². The Morgan fingerprint density at radius 1 is 1.16 bits per heavy atom. The molecule has 1 saturated heterocycles. The van der Waals surface area contributed by atoms with Crippen LogP contribution >= 0.6 is 0 Å². The van der Waals surface area contributed by atoms with Crippen molar-refractivity contribution in [1.29, 1.82) is 0 Å². The second kappa shape index (κ2) is 7.37. The standard InChI is InChI=1S/C18H27N5O2/c1-14(2)4-9-19-15(24)18(5-6-18)16(25)22-10-12-23(13-11-22)17-20-7-3-8-21-17/h3,7-8,14H,4-6,9-13H2,1-2H3,(H,19,24). The first-order valence-electron chi connectivity index (χ1n) is 9.12. The lowest BCUT2D eigenvalue weighted by Crippen LogP contribution is -2.53. The Morgan fingerprint density at radius 3 is 2.36 bits per heavy atom. The second-order valence-electron chi connectivity index (χ2n) is 7.35. The number of carbonyl (C=O) groups is 2. The third-order valence-corrected chi connectivity index (χ3v) is 5.00. The molecule has 2 aliphatic rings. The largest absolute Gasteiger partial charge is 0.355 e.